The number of carbonyl (C=O) groups is 1. The predicted molar refractivity (Wildman–Crippen MR) is 72.8 cm³/mol. The van der Waals surface area contributed by atoms with Crippen molar-refractivity contribution in [3.05, 3.63) is 24.0 Å². The monoisotopic (exact) mass is 266 g/mol. The summed E-state index contributed by atoms with van der Waals surface area (Å²) in [6, 6.07) is 5.01. The van der Waals surface area contributed by atoms with Crippen LogP contribution in [0.2, 0.25) is 0 Å². The van der Waals surface area contributed by atoms with Crippen molar-refractivity contribution >= 4 is 17.3 Å². The molecule has 1 aromatic rings. The van der Waals surface area contributed by atoms with Crippen molar-refractivity contribution in [2.75, 3.05) is 23.8 Å². The summed E-state index contributed by atoms with van der Waals surface area (Å²) in [5, 5.41) is 5.85. The third-order valence-electron chi connectivity index (χ3n) is 3.10. The normalized spacial score (nSPS) is 19.6. The van der Waals surface area contributed by atoms with Gasteiger partial charge in [-0.1, -0.05) is 0 Å². The Balaban J connectivity index is 2.05. The molecule has 1 unspecified atom stereocenters. The average molecular weight is 266 g/mol. The van der Waals surface area contributed by atoms with E-state index in [2.05, 4.69) is 10.6 Å². The zero-order chi connectivity index (χ0) is 13.7. The maximum Gasteiger partial charge on any atom is 0.221 e. The van der Waals surface area contributed by atoms with Crippen molar-refractivity contribution in [1.29, 1.82) is 0 Å². The fourth-order valence-corrected chi connectivity index (χ4v) is 2.18. The van der Waals surface area contributed by atoms with Crippen LogP contribution in [-0.4, -0.2) is 25.2 Å². The van der Waals surface area contributed by atoms with E-state index in [1.807, 2.05) is 0 Å². The molecule has 0 aromatic heterocycles. The first kappa shape index (κ1) is 13.8. The van der Waals surface area contributed by atoms with Crippen LogP contribution in [0.15, 0.2) is 18.2 Å². The van der Waals surface area contributed by atoms with Crippen LogP contribution in [0.3, 0.4) is 0 Å². The van der Waals surface area contributed by atoms with Crippen LogP contribution in [-0.2, 0) is 9.53 Å². The second-order valence-electron chi connectivity index (χ2n) is 4.76. The zero-order valence-corrected chi connectivity index (χ0v) is 11.0. The van der Waals surface area contributed by atoms with Gasteiger partial charge in [0.2, 0.25) is 5.91 Å². The van der Waals surface area contributed by atoms with Gasteiger partial charge in [0, 0.05) is 31.9 Å². The lowest BCUT2D eigenvalue weighted by molar-refractivity contribution is -0.114. The van der Waals surface area contributed by atoms with Gasteiger partial charge in [-0.05, 0) is 37.5 Å². The smallest absolute Gasteiger partial charge is 0.221 e. The van der Waals surface area contributed by atoms with Gasteiger partial charge in [0.15, 0.2) is 0 Å². The highest BCUT2D eigenvalue weighted by Gasteiger charge is 2.13. The van der Waals surface area contributed by atoms with E-state index in [1.54, 1.807) is 12.1 Å². The third-order valence-corrected chi connectivity index (χ3v) is 3.10. The largest absolute Gasteiger partial charge is 0.382 e. The predicted octanol–water partition coefficient (Wildman–Crippen LogP) is 2.77. The number of halogens is 1. The van der Waals surface area contributed by atoms with Gasteiger partial charge in [-0.3, -0.25) is 4.79 Å². The van der Waals surface area contributed by atoms with Gasteiger partial charge in [0.05, 0.1) is 5.69 Å². The Kier molecular flexibility index (Phi) is 4.74. The molecule has 19 heavy (non-hydrogen) atoms. The summed E-state index contributed by atoms with van der Waals surface area (Å²) < 4.78 is 18.9. The van der Waals surface area contributed by atoms with Gasteiger partial charge in [-0.15, -0.1) is 0 Å². The number of amides is 1. The lowest BCUT2D eigenvalue weighted by atomic mass is 10.1. The molecule has 0 radical (unpaired) electrons. The van der Waals surface area contributed by atoms with Crippen LogP contribution < -0.4 is 10.6 Å². The fraction of sp³-hybridized carbons (Fsp3) is 0.500. The van der Waals surface area contributed by atoms with Crippen LogP contribution in [0.1, 0.15) is 26.2 Å². The van der Waals surface area contributed by atoms with E-state index in [0.717, 1.165) is 38.2 Å². The van der Waals surface area contributed by atoms with Crippen molar-refractivity contribution in [2.24, 2.45) is 0 Å². The van der Waals surface area contributed by atoms with Gasteiger partial charge >= 0.3 is 0 Å². The summed E-state index contributed by atoms with van der Waals surface area (Å²) in [6.07, 6.45) is 3.00. The molecule has 2 N–H and O–H groups in total. The molecule has 1 fully saturated rings. The van der Waals surface area contributed by atoms with E-state index in [-0.39, 0.29) is 11.6 Å². The SMILES string of the molecule is CC(=O)Nc1cc(NC2CCCOCC2)ccc1F. The highest BCUT2D eigenvalue weighted by Crippen LogP contribution is 2.22. The minimum absolute atomic E-state index is 0.211. The Hall–Kier alpha value is -1.62. The molecule has 0 spiro atoms. The molecular weight excluding hydrogens is 247 g/mol. The Bertz CT molecular complexity index is 443. The van der Waals surface area contributed by atoms with Gasteiger partial charge < -0.3 is 15.4 Å². The topological polar surface area (TPSA) is 50.4 Å². The second-order valence-corrected chi connectivity index (χ2v) is 4.76. The molecule has 0 bridgehead atoms. The maximum absolute atomic E-state index is 13.5. The van der Waals surface area contributed by atoms with Crippen molar-refractivity contribution in [3.8, 4) is 0 Å². The summed E-state index contributed by atoms with van der Waals surface area (Å²) >= 11 is 0. The molecule has 1 aromatic carbocycles. The minimum Gasteiger partial charge on any atom is -0.382 e. The first-order valence-electron chi connectivity index (χ1n) is 6.56. The summed E-state index contributed by atoms with van der Waals surface area (Å²) in [5.41, 5.74) is 1.03. The van der Waals surface area contributed by atoms with Gasteiger partial charge in [0.25, 0.3) is 0 Å². The lowest BCUT2D eigenvalue weighted by Crippen LogP contribution is -2.19. The van der Waals surface area contributed by atoms with Crippen molar-refractivity contribution in [1.82, 2.24) is 0 Å². The Morgan fingerprint density at radius 2 is 2.21 bits per heavy atom. The molecule has 1 heterocycles. The molecule has 4 nitrogen and oxygen atoms in total. The Morgan fingerprint density at radius 3 is 3.00 bits per heavy atom. The first-order chi connectivity index (χ1) is 9.15. The van der Waals surface area contributed by atoms with Crippen LogP contribution in [0.4, 0.5) is 15.8 Å². The number of benzene rings is 1. The molecule has 0 saturated carbocycles. The summed E-state index contributed by atoms with van der Waals surface area (Å²) in [4.78, 5) is 11.0. The quantitative estimate of drug-likeness (QED) is 0.884. The molecular formula is C14H19FN2O2. The van der Waals surface area contributed by atoms with Crippen molar-refractivity contribution in [2.45, 2.75) is 32.2 Å². The molecule has 0 aliphatic carbocycles. The molecule has 1 atom stereocenters. The summed E-state index contributed by atoms with van der Waals surface area (Å²) in [7, 11) is 0. The zero-order valence-electron chi connectivity index (χ0n) is 11.0. The van der Waals surface area contributed by atoms with E-state index >= 15 is 0 Å². The van der Waals surface area contributed by atoms with Crippen LogP contribution in [0.25, 0.3) is 0 Å². The molecule has 1 aliphatic heterocycles. The average Bonchev–Trinajstić information content (AvgIpc) is 2.61. The molecule has 104 valence electrons. The fourth-order valence-electron chi connectivity index (χ4n) is 2.18. The number of hydrogen-bond donors (Lipinski definition) is 2. The summed E-state index contributed by atoms with van der Waals surface area (Å²) in [6.45, 7) is 2.92. The number of nitrogens with one attached hydrogen (secondary N) is 2. The number of carbonyl (C=O) groups excluding carboxylic acids is 1. The summed E-state index contributed by atoms with van der Waals surface area (Å²) in [5.74, 6) is -0.705. The second kappa shape index (κ2) is 6.52. The van der Waals surface area contributed by atoms with Crippen LogP contribution >= 0.6 is 0 Å². The first-order valence-corrected chi connectivity index (χ1v) is 6.56. The van der Waals surface area contributed by atoms with Crippen molar-refractivity contribution in [3.63, 3.8) is 0 Å². The van der Waals surface area contributed by atoms with E-state index in [9.17, 15) is 9.18 Å². The number of anilines is 2. The van der Waals surface area contributed by atoms with Gasteiger partial charge in [-0.2, -0.15) is 0 Å². The number of ether oxygens (including phenoxy) is 1. The highest BCUT2D eigenvalue weighted by molar-refractivity contribution is 5.89. The standard InChI is InChI=1S/C14H19FN2O2/c1-10(18)16-14-9-12(4-5-13(14)15)17-11-3-2-7-19-8-6-11/h4-5,9,11,17H,2-3,6-8H2,1H3,(H,16,18). The van der Waals surface area contributed by atoms with E-state index in [4.69, 9.17) is 4.74 Å². The molecule has 5 heteroatoms. The highest BCUT2D eigenvalue weighted by atomic mass is 19.1. The van der Waals surface area contributed by atoms with Gasteiger partial charge in [-0.25, -0.2) is 4.39 Å². The third kappa shape index (κ3) is 4.21. The van der Waals surface area contributed by atoms with E-state index < -0.39 is 5.82 Å². The number of hydrogen-bond acceptors (Lipinski definition) is 3. The van der Waals surface area contributed by atoms with Gasteiger partial charge in [0.1, 0.15) is 5.82 Å². The maximum atomic E-state index is 13.5. The molecule has 1 amide bonds. The van der Waals surface area contributed by atoms with Crippen LogP contribution in [0, 0.1) is 5.82 Å². The van der Waals surface area contributed by atoms with Crippen LogP contribution in [0.5, 0.6) is 0 Å². The molecule has 1 saturated heterocycles. The van der Waals surface area contributed by atoms with E-state index in [0.29, 0.717) is 6.04 Å². The Labute approximate surface area is 112 Å². The van der Waals surface area contributed by atoms with Crippen molar-refractivity contribution < 1.29 is 13.9 Å². The lowest BCUT2D eigenvalue weighted by Gasteiger charge is -2.18. The Morgan fingerprint density at radius 1 is 1.37 bits per heavy atom. The minimum atomic E-state index is -0.426. The molecule has 1 aliphatic rings. The molecule has 2 rings (SSSR count). The number of rotatable bonds is 3. The van der Waals surface area contributed by atoms with E-state index in [1.165, 1.54) is 13.0 Å².